The average Bonchev–Trinajstić information content (AvgIpc) is 2.94. The second kappa shape index (κ2) is 11.5. The van der Waals surface area contributed by atoms with Gasteiger partial charge < -0.3 is 74.4 Å². The number of fused-ring (bicyclic) bond motifs is 1. The molecular formula is C26H28O16. The Kier molecular flexibility index (Phi) is 8.17. The minimum atomic E-state index is -1.96. The Bertz CT molecular complexity index is 1510. The molecule has 0 radical (unpaired) electrons. The quantitative estimate of drug-likeness (QED) is 0.137. The zero-order valence-corrected chi connectivity index (χ0v) is 21.4. The van der Waals surface area contributed by atoms with Gasteiger partial charge in [-0.15, -0.1) is 0 Å². The summed E-state index contributed by atoms with van der Waals surface area (Å²) in [4.78, 5) is 13.5. The maximum atomic E-state index is 13.5. The second-order valence-corrected chi connectivity index (χ2v) is 9.85. The summed E-state index contributed by atoms with van der Waals surface area (Å²) >= 11 is 0. The largest absolute Gasteiger partial charge is 0.508 e. The highest BCUT2D eigenvalue weighted by Gasteiger charge is 2.47. The van der Waals surface area contributed by atoms with E-state index in [1.54, 1.807) is 0 Å². The molecule has 0 saturated carbocycles. The molecule has 0 amide bonds. The third kappa shape index (κ3) is 5.42. The van der Waals surface area contributed by atoms with Crippen molar-refractivity contribution in [2.45, 2.75) is 55.3 Å². The van der Waals surface area contributed by atoms with Gasteiger partial charge in [-0.1, -0.05) is 0 Å². The van der Waals surface area contributed by atoms with E-state index in [1.807, 2.05) is 0 Å². The van der Waals surface area contributed by atoms with Crippen molar-refractivity contribution in [2.24, 2.45) is 0 Å². The normalized spacial score (nSPS) is 31.7. The highest BCUT2D eigenvalue weighted by Crippen LogP contribution is 2.39. The van der Waals surface area contributed by atoms with Crippen LogP contribution in [0.25, 0.3) is 22.3 Å². The number of aromatic hydroxyl groups is 4. The summed E-state index contributed by atoms with van der Waals surface area (Å²) in [6.07, 6.45) is -15.1. The predicted octanol–water partition coefficient (Wildman–Crippen LogP) is -2.08. The molecule has 228 valence electrons. The summed E-state index contributed by atoms with van der Waals surface area (Å²) in [5, 5.41) is 101. The number of benzene rings is 2. The van der Waals surface area contributed by atoms with Crippen LogP contribution in [0.4, 0.5) is 0 Å². The van der Waals surface area contributed by atoms with Gasteiger partial charge in [0.15, 0.2) is 23.5 Å². The van der Waals surface area contributed by atoms with Crippen LogP contribution in [0.15, 0.2) is 39.5 Å². The van der Waals surface area contributed by atoms with Crippen molar-refractivity contribution in [1.29, 1.82) is 0 Å². The number of ether oxygens (including phenoxy) is 4. The van der Waals surface area contributed by atoms with Crippen LogP contribution < -0.4 is 10.2 Å². The van der Waals surface area contributed by atoms with E-state index in [0.29, 0.717) is 0 Å². The SMILES string of the molecule is O=c1c(O[C@H]2O[C@@H](CO[C@H]3OC[C@@H](O)[C@@H](O)[C@@H]3O)[C@@H](O)[C@@H](O)[C@@H]2O)c(-c2ccc(O)c(O)c2)oc2cc(O)cc(O)c12. The number of hydrogen-bond acceptors (Lipinski definition) is 16. The molecule has 3 aromatic rings. The number of rotatable bonds is 6. The Balaban J connectivity index is 1.48. The van der Waals surface area contributed by atoms with Gasteiger partial charge >= 0.3 is 0 Å². The lowest BCUT2D eigenvalue weighted by atomic mass is 9.99. The first-order valence-corrected chi connectivity index (χ1v) is 12.6. The van der Waals surface area contributed by atoms with Crippen molar-refractivity contribution in [3.8, 4) is 40.1 Å². The predicted molar refractivity (Wildman–Crippen MR) is 136 cm³/mol. The molecule has 16 nitrogen and oxygen atoms in total. The Morgan fingerprint density at radius 3 is 2.21 bits per heavy atom. The van der Waals surface area contributed by atoms with E-state index < -0.39 is 107 Å². The van der Waals surface area contributed by atoms with Gasteiger partial charge in [0.25, 0.3) is 0 Å². The third-order valence-electron chi connectivity index (χ3n) is 6.94. The lowest BCUT2D eigenvalue weighted by molar-refractivity contribution is -0.307. The zero-order valence-electron chi connectivity index (χ0n) is 21.4. The Morgan fingerprint density at radius 1 is 0.786 bits per heavy atom. The zero-order chi connectivity index (χ0) is 30.5. The molecule has 2 saturated heterocycles. The van der Waals surface area contributed by atoms with E-state index >= 15 is 0 Å². The van der Waals surface area contributed by atoms with Crippen LogP contribution in [0.1, 0.15) is 0 Å². The van der Waals surface area contributed by atoms with Crippen molar-refractivity contribution in [3.63, 3.8) is 0 Å². The number of phenolic OH excluding ortho intramolecular Hbond substituents is 4. The molecule has 42 heavy (non-hydrogen) atoms. The summed E-state index contributed by atoms with van der Waals surface area (Å²) in [6.45, 7) is -0.970. The lowest BCUT2D eigenvalue weighted by Crippen LogP contribution is -2.61. The molecule has 3 heterocycles. The van der Waals surface area contributed by atoms with Gasteiger partial charge in [0.2, 0.25) is 17.5 Å². The summed E-state index contributed by atoms with van der Waals surface area (Å²) < 4.78 is 27.5. The first kappa shape index (κ1) is 29.8. The minimum Gasteiger partial charge on any atom is -0.508 e. The number of phenols is 4. The number of hydrogen-bond donors (Lipinski definition) is 10. The van der Waals surface area contributed by atoms with E-state index in [2.05, 4.69) is 0 Å². The minimum absolute atomic E-state index is 0.0305. The summed E-state index contributed by atoms with van der Waals surface area (Å²) in [5.41, 5.74) is -1.35. The molecule has 0 unspecified atom stereocenters. The van der Waals surface area contributed by atoms with Crippen LogP contribution in [-0.4, -0.2) is 120 Å². The van der Waals surface area contributed by atoms with Crippen molar-refractivity contribution in [1.82, 2.24) is 0 Å². The van der Waals surface area contributed by atoms with Gasteiger partial charge in [-0.2, -0.15) is 0 Å². The highest BCUT2D eigenvalue weighted by atomic mass is 16.7. The van der Waals surface area contributed by atoms with Crippen LogP contribution in [0.5, 0.6) is 28.7 Å². The van der Waals surface area contributed by atoms with Crippen LogP contribution in [-0.2, 0) is 14.2 Å². The lowest BCUT2D eigenvalue weighted by Gasteiger charge is -2.41. The molecule has 1 aromatic heterocycles. The van der Waals surface area contributed by atoms with Gasteiger partial charge in [0.05, 0.1) is 13.2 Å². The summed E-state index contributed by atoms with van der Waals surface area (Å²) in [7, 11) is 0. The first-order chi connectivity index (χ1) is 19.9. The molecule has 2 aliphatic heterocycles. The van der Waals surface area contributed by atoms with Crippen molar-refractivity contribution in [3.05, 3.63) is 40.6 Å². The summed E-state index contributed by atoms with van der Waals surface area (Å²) in [5.74, 6) is -3.33. The molecule has 0 bridgehead atoms. The molecule has 0 aliphatic carbocycles. The fourth-order valence-corrected chi connectivity index (χ4v) is 4.61. The second-order valence-electron chi connectivity index (χ2n) is 9.85. The molecule has 10 N–H and O–H groups in total. The van der Waals surface area contributed by atoms with Gasteiger partial charge in [0.1, 0.15) is 65.2 Å². The molecule has 2 aliphatic rings. The van der Waals surface area contributed by atoms with Gasteiger partial charge in [0, 0.05) is 17.7 Å². The fourth-order valence-electron chi connectivity index (χ4n) is 4.61. The highest BCUT2D eigenvalue weighted by molar-refractivity contribution is 5.88. The van der Waals surface area contributed by atoms with E-state index in [1.165, 1.54) is 6.07 Å². The van der Waals surface area contributed by atoms with Crippen molar-refractivity contribution in [2.75, 3.05) is 13.2 Å². The third-order valence-corrected chi connectivity index (χ3v) is 6.94. The molecule has 2 fully saturated rings. The maximum Gasteiger partial charge on any atom is 0.239 e. The number of aliphatic hydroxyl groups excluding tert-OH is 6. The van der Waals surface area contributed by atoms with Crippen molar-refractivity contribution >= 4 is 11.0 Å². The molecule has 9 atom stereocenters. The van der Waals surface area contributed by atoms with Crippen molar-refractivity contribution < 1.29 is 74.4 Å². The smallest absolute Gasteiger partial charge is 0.239 e. The van der Waals surface area contributed by atoms with Crippen LogP contribution in [0.3, 0.4) is 0 Å². The van der Waals surface area contributed by atoms with E-state index in [0.717, 1.165) is 24.3 Å². The van der Waals surface area contributed by atoms with Crippen LogP contribution in [0, 0.1) is 0 Å². The number of aliphatic hydroxyl groups is 6. The van der Waals surface area contributed by atoms with Gasteiger partial charge in [-0.3, -0.25) is 4.79 Å². The monoisotopic (exact) mass is 596 g/mol. The molecule has 5 rings (SSSR count). The van der Waals surface area contributed by atoms with Crippen LogP contribution >= 0.6 is 0 Å². The van der Waals surface area contributed by atoms with E-state index in [-0.39, 0.29) is 17.8 Å². The average molecular weight is 596 g/mol. The van der Waals surface area contributed by atoms with E-state index in [4.69, 9.17) is 23.4 Å². The standard InChI is InChI=1S/C26H28O16/c27-9-4-12(30)16-14(5-9)40-23(8-1-2-10(28)11(29)3-8)24(19(16)34)42-26-22(37)20(35)18(33)15(41-26)7-39-25-21(36)17(32)13(31)6-38-25/h1-5,13,15,17-18,20-22,25-33,35-37H,6-7H2/t13-,15+,17-,18-,20-,21+,22+,25-,26-/m1/s1. The Labute approximate surface area is 235 Å². The molecule has 0 spiro atoms. The molecule has 16 heteroatoms. The van der Waals surface area contributed by atoms with Crippen LogP contribution in [0.2, 0.25) is 0 Å². The Morgan fingerprint density at radius 2 is 1.50 bits per heavy atom. The van der Waals surface area contributed by atoms with E-state index in [9.17, 15) is 55.9 Å². The first-order valence-electron chi connectivity index (χ1n) is 12.6. The molecular weight excluding hydrogens is 568 g/mol. The van der Waals surface area contributed by atoms with Gasteiger partial charge in [-0.25, -0.2) is 0 Å². The van der Waals surface area contributed by atoms with Gasteiger partial charge in [-0.05, 0) is 18.2 Å². The Hall–Kier alpha value is -3.71. The summed E-state index contributed by atoms with van der Waals surface area (Å²) in [6, 6.07) is 5.23. The maximum absolute atomic E-state index is 13.5. The topological polar surface area (TPSA) is 269 Å². The fraction of sp³-hybridized carbons (Fsp3) is 0.423. The molecule has 2 aromatic carbocycles.